The number of rotatable bonds is 9. The van der Waals surface area contributed by atoms with E-state index in [9.17, 15) is 24.5 Å². The first-order valence-electron chi connectivity index (χ1n) is 11.3. The maximum atomic E-state index is 13.3. The van der Waals surface area contributed by atoms with Crippen molar-refractivity contribution >= 4 is 34.1 Å². The molecule has 3 aromatic carbocycles. The van der Waals surface area contributed by atoms with E-state index in [-0.39, 0.29) is 37.6 Å². The van der Waals surface area contributed by atoms with Crippen LogP contribution in [0.5, 0.6) is 0 Å². The third-order valence-corrected chi connectivity index (χ3v) is 6.21. The van der Waals surface area contributed by atoms with Gasteiger partial charge in [-0.15, -0.1) is 0 Å². The molecule has 4 aromatic rings. The monoisotopic (exact) mass is 506 g/mol. The highest BCUT2D eigenvalue weighted by Crippen LogP contribution is 2.16. The molecule has 0 saturated heterocycles. The Labute approximate surface area is 210 Å². The molecule has 1 aromatic heterocycles. The fourth-order valence-electron chi connectivity index (χ4n) is 3.95. The molecule has 1 heterocycles. The van der Waals surface area contributed by atoms with Gasteiger partial charge in [-0.25, -0.2) is 4.79 Å². The standard InChI is InChI=1S/C26H23ClN4O5/c27-22-8-3-1-6-19(22)16-28-24(32)10-5-15-29-25(33)21-7-2-4-9-23(21)30(26(29)34)17-18-11-13-20(14-12-18)31(35)36/h1-4,6-9,11-14H,5,10,15-17H2,(H,28,32). The van der Waals surface area contributed by atoms with Gasteiger partial charge < -0.3 is 5.32 Å². The number of amides is 1. The molecule has 0 aliphatic carbocycles. The van der Waals surface area contributed by atoms with E-state index in [0.717, 1.165) is 10.1 Å². The van der Waals surface area contributed by atoms with Crippen molar-refractivity contribution in [3.63, 3.8) is 0 Å². The van der Waals surface area contributed by atoms with Crippen molar-refractivity contribution in [3.05, 3.63) is 120 Å². The highest BCUT2D eigenvalue weighted by atomic mass is 35.5. The van der Waals surface area contributed by atoms with E-state index in [4.69, 9.17) is 11.6 Å². The lowest BCUT2D eigenvalue weighted by molar-refractivity contribution is -0.384. The molecule has 1 N–H and O–H groups in total. The van der Waals surface area contributed by atoms with Gasteiger partial charge >= 0.3 is 5.69 Å². The van der Waals surface area contributed by atoms with Gasteiger partial charge in [0.2, 0.25) is 5.91 Å². The number of nitro groups is 1. The van der Waals surface area contributed by atoms with Crippen LogP contribution in [0.3, 0.4) is 0 Å². The lowest BCUT2D eigenvalue weighted by Crippen LogP contribution is -2.40. The Morgan fingerprint density at radius 1 is 0.944 bits per heavy atom. The Morgan fingerprint density at radius 2 is 1.64 bits per heavy atom. The summed E-state index contributed by atoms with van der Waals surface area (Å²) in [5, 5.41) is 14.7. The summed E-state index contributed by atoms with van der Waals surface area (Å²) in [7, 11) is 0. The van der Waals surface area contributed by atoms with Crippen LogP contribution in [0, 0.1) is 10.1 Å². The Balaban J connectivity index is 1.52. The first kappa shape index (κ1) is 24.9. The molecule has 36 heavy (non-hydrogen) atoms. The van der Waals surface area contributed by atoms with Gasteiger partial charge in [0, 0.05) is 36.7 Å². The van der Waals surface area contributed by atoms with E-state index in [1.54, 1.807) is 42.5 Å². The van der Waals surface area contributed by atoms with Crippen LogP contribution in [-0.2, 0) is 24.4 Å². The van der Waals surface area contributed by atoms with Gasteiger partial charge in [-0.3, -0.25) is 28.8 Å². The molecule has 0 unspecified atom stereocenters. The van der Waals surface area contributed by atoms with Crippen LogP contribution in [0.2, 0.25) is 5.02 Å². The fourth-order valence-corrected chi connectivity index (χ4v) is 4.15. The largest absolute Gasteiger partial charge is 0.352 e. The number of fused-ring (bicyclic) bond motifs is 1. The first-order valence-corrected chi connectivity index (χ1v) is 11.7. The third-order valence-electron chi connectivity index (χ3n) is 5.84. The molecule has 0 fully saturated rings. The maximum Gasteiger partial charge on any atom is 0.331 e. The number of para-hydroxylation sites is 1. The molecule has 0 saturated carbocycles. The number of aromatic nitrogens is 2. The maximum absolute atomic E-state index is 13.3. The number of benzene rings is 3. The van der Waals surface area contributed by atoms with Crippen molar-refractivity contribution in [1.82, 2.24) is 14.5 Å². The number of hydrogen-bond acceptors (Lipinski definition) is 5. The van der Waals surface area contributed by atoms with Gasteiger partial charge in [-0.1, -0.05) is 54.1 Å². The van der Waals surface area contributed by atoms with Crippen LogP contribution in [0.25, 0.3) is 10.9 Å². The van der Waals surface area contributed by atoms with Crippen molar-refractivity contribution in [2.24, 2.45) is 0 Å². The summed E-state index contributed by atoms with van der Waals surface area (Å²) in [6, 6.07) is 19.9. The molecule has 184 valence electrons. The quantitative estimate of drug-likeness (QED) is 0.273. The number of nitrogens with zero attached hydrogens (tertiary/aromatic N) is 3. The van der Waals surface area contributed by atoms with E-state index in [2.05, 4.69) is 5.32 Å². The van der Waals surface area contributed by atoms with Crippen LogP contribution < -0.4 is 16.6 Å². The van der Waals surface area contributed by atoms with Crippen molar-refractivity contribution < 1.29 is 9.72 Å². The van der Waals surface area contributed by atoms with E-state index in [1.807, 2.05) is 18.2 Å². The van der Waals surface area contributed by atoms with Gasteiger partial charge in [0.05, 0.1) is 22.4 Å². The molecule has 0 aliphatic heterocycles. The van der Waals surface area contributed by atoms with Crippen molar-refractivity contribution in [3.8, 4) is 0 Å². The number of nitrogens with one attached hydrogen (secondary N) is 1. The normalized spacial score (nSPS) is 10.9. The number of hydrogen-bond donors (Lipinski definition) is 1. The summed E-state index contributed by atoms with van der Waals surface area (Å²) in [5.41, 5.74) is 0.971. The zero-order valence-electron chi connectivity index (χ0n) is 19.2. The number of carbonyl (C=O) groups is 1. The van der Waals surface area contributed by atoms with E-state index >= 15 is 0 Å². The van der Waals surface area contributed by atoms with E-state index in [1.165, 1.54) is 16.7 Å². The molecule has 0 aliphatic rings. The molecule has 0 spiro atoms. The number of nitro benzene ring substituents is 1. The zero-order valence-corrected chi connectivity index (χ0v) is 20.0. The van der Waals surface area contributed by atoms with Crippen LogP contribution in [0.15, 0.2) is 82.4 Å². The topological polar surface area (TPSA) is 116 Å². The SMILES string of the molecule is O=C(CCCn1c(=O)c2ccccc2n(Cc2ccc([N+](=O)[O-])cc2)c1=O)NCc1ccccc1Cl. The average Bonchev–Trinajstić information content (AvgIpc) is 2.88. The van der Waals surface area contributed by atoms with Gasteiger partial charge in [0.1, 0.15) is 0 Å². The second-order valence-corrected chi connectivity index (χ2v) is 8.65. The predicted octanol–water partition coefficient (Wildman–Crippen LogP) is 3.87. The van der Waals surface area contributed by atoms with E-state index < -0.39 is 16.2 Å². The second kappa shape index (κ2) is 11.0. The van der Waals surface area contributed by atoms with Gasteiger partial charge in [0.15, 0.2) is 0 Å². The lowest BCUT2D eigenvalue weighted by atomic mass is 10.2. The molecule has 4 rings (SSSR count). The van der Waals surface area contributed by atoms with E-state index in [0.29, 0.717) is 27.9 Å². The Bertz CT molecular complexity index is 1540. The fraction of sp³-hybridized carbons (Fsp3) is 0.192. The van der Waals surface area contributed by atoms with Crippen molar-refractivity contribution in [2.45, 2.75) is 32.5 Å². The van der Waals surface area contributed by atoms with Crippen LogP contribution >= 0.6 is 11.6 Å². The zero-order chi connectivity index (χ0) is 25.7. The lowest BCUT2D eigenvalue weighted by Gasteiger charge is -2.14. The molecule has 9 nitrogen and oxygen atoms in total. The van der Waals surface area contributed by atoms with Gasteiger partial charge in [0.25, 0.3) is 11.2 Å². The summed E-state index contributed by atoms with van der Waals surface area (Å²) in [6.07, 6.45) is 0.422. The Morgan fingerprint density at radius 3 is 2.36 bits per heavy atom. The Kier molecular flexibility index (Phi) is 7.60. The molecule has 0 bridgehead atoms. The van der Waals surface area contributed by atoms with Crippen LogP contribution in [0.4, 0.5) is 5.69 Å². The molecule has 10 heteroatoms. The summed E-state index contributed by atoms with van der Waals surface area (Å²) in [5.74, 6) is -0.213. The molecule has 0 radical (unpaired) electrons. The molecule has 1 amide bonds. The minimum Gasteiger partial charge on any atom is -0.352 e. The summed E-state index contributed by atoms with van der Waals surface area (Å²) >= 11 is 6.11. The minimum absolute atomic E-state index is 0.0475. The summed E-state index contributed by atoms with van der Waals surface area (Å²) in [4.78, 5) is 49.1. The predicted molar refractivity (Wildman–Crippen MR) is 137 cm³/mol. The smallest absolute Gasteiger partial charge is 0.331 e. The summed E-state index contributed by atoms with van der Waals surface area (Å²) < 4.78 is 2.60. The number of halogens is 1. The van der Waals surface area contributed by atoms with Crippen molar-refractivity contribution in [2.75, 3.05) is 0 Å². The average molecular weight is 507 g/mol. The Hall–Kier alpha value is -4.24. The van der Waals surface area contributed by atoms with Crippen LogP contribution in [0.1, 0.15) is 24.0 Å². The molecular weight excluding hydrogens is 484 g/mol. The number of carbonyl (C=O) groups excluding carboxylic acids is 1. The highest BCUT2D eigenvalue weighted by molar-refractivity contribution is 6.31. The number of non-ortho nitro benzene ring substituents is 1. The minimum atomic E-state index is -0.506. The third kappa shape index (κ3) is 5.52. The highest BCUT2D eigenvalue weighted by Gasteiger charge is 2.14. The van der Waals surface area contributed by atoms with Gasteiger partial charge in [-0.05, 0) is 35.7 Å². The summed E-state index contributed by atoms with van der Waals surface area (Å²) in [6.45, 7) is 0.495. The molecular formula is C26H23ClN4O5. The molecule has 0 atom stereocenters. The first-order chi connectivity index (χ1) is 17.3. The van der Waals surface area contributed by atoms with Crippen molar-refractivity contribution in [1.29, 1.82) is 0 Å². The van der Waals surface area contributed by atoms with Gasteiger partial charge in [-0.2, -0.15) is 0 Å². The van der Waals surface area contributed by atoms with Crippen LogP contribution in [-0.4, -0.2) is 20.0 Å². The second-order valence-electron chi connectivity index (χ2n) is 8.24.